The van der Waals surface area contributed by atoms with Crippen LogP contribution in [-0.2, 0) is 12.7 Å². The Hall–Kier alpha value is -3.49. The maximum absolute atomic E-state index is 12.8. The average Bonchev–Trinajstić information content (AvgIpc) is 3.35. The summed E-state index contributed by atoms with van der Waals surface area (Å²) in [5.41, 5.74) is 3.72. The lowest BCUT2D eigenvalue weighted by Crippen LogP contribution is -2.18. The summed E-state index contributed by atoms with van der Waals surface area (Å²) in [7, 11) is 0. The number of ether oxygens (including phenoxy) is 2. The number of alkyl halides is 3. The maximum Gasteiger partial charge on any atom is 0.416 e. The van der Waals surface area contributed by atoms with Gasteiger partial charge in [-0.25, -0.2) is 0 Å². The highest BCUT2D eigenvalue weighted by atomic mass is 35.5. The molecule has 1 aliphatic rings. The molecular weight excluding hydrogens is 491 g/mol. The molecule has 5 rings (SSSR count). The minimum Gasteiger partial charge on any atom is -0.454 e. The van der Waals surface area contributed by atoms with Gasteiger partial charge in [0.15, 0.2) is 11.5 Å². The first kappa shape index (κ1) is 25.6. The van der Waals surface area contributed by atoms with Crippen LogP contribution in [0, 0.1) is 0 Å². The lowest BCUT2D eigenvalue weighted by atomic mass is 10.0. The Morgan fingerprint density at radius 1 is 0.889 bits per heavy atom. The van der Waals surface area contributed by atoms with Crippen molar-refractivity contribution in [2.24, 2.45) is 0 Å². The van der Waals surface area contributed by atoms with Gasteiger partial charge in [-0.15, -0.1) is 12.4 Å². The standard InChI is InChI=1S/C27H24F3N3O2.ClH/c28-27(29,30)21-8-5-18(6-9-21)19-7-10-22-23(11-14-33-24(22)15-19)32-13-2-12-31-16-20-3-1-4-25-26(20)35-17-34-25;/h1,3-11,14-15,31H,2,12-13,16-17H2,(H,32,33);1H. The molecule has 188 valence electrons. The van der Waals surface area contributed by atoms with Gasteiger partial charge in [0.1, 0.15) is 0 Å². The van der Waals surface area contributed by atoms with E-state index in [0.29, 0.717) is 12.1 Å². The molecule has 3 aromatic carbocycles. The van der Waals surface area contributed by atoms with Crippen LogP contribution in [0.3, 0.4) is 0 Å². The molecule has 0 amide bonds. The van der Waals surface area contributed by atoms with Crippen molar-refractivity contribution in [1.82, 2.24) is 10.3 Å². The van der Waals surface area contributed by atoms with Crippen LogP contribution in [0.1, 0.15) is 17.5 Å². The summed E-state index contributed by atoms with van der Waals surface area (Å²) in [6, 6.07) is 18.8. The number of rotatable bonds is 8. The van der Waals surface area contributed by atoms with Crippen LogP contribution in [0.2, 0.25) is 0 Å². The second kappa shape index (κ2) is 11.1. The predicted molar refractivity (Wildman–Crippen MR) is 137 cm³/mol. The Balaban J connectivity index is 0.00000304. The largest absolute Gasteiger partial charge is 0.454 e. The third-order valence-electron chi connectivity index (χ3n) is 5.93. The Morgan fingerprint density at radius 3 is 2.50 bits per heavy atom. The molecule has 0 spiro atoms. The summed E-state index contributed by atoms with van der Waals surface area (Å²) in [5, 5.41) is 7.86. The van der Waals surface area contributed by atoms with Gasteiger partial charge in [-0.2, -0.15) is 13.2 Å². The van der Waals surface area contributed by atoms with Gasteiger partial charge in [-0.05, 0) is 54.4 Å². The minimum atomic E-state index is -4.34. The maximum atomic E-state index is 12.8. The van der Waals surface area contributed by atoms with Crippen molar-refractivity contribution in [3.8, 4) is 22.6 Å². The molecule has 0 bridgehead atoms. The van der Waals surface area contributed by atoms with Crippen LogP contribution in [0.25, 0.3) is 22.0 Å². The van der Waals surface area contributed by atoms with Gasteiger partial charge < -0.3 is 20.1 Å². The normalized spacial score (nSPS) is 12.4. The van der Waals surface area contributed by atoms with E-state index in [0.717, 1.165) is 70.9 Å². The van der Waals surface area contributed by atoms with E-state index in [1.807, 2.05) is 42.5 Å². The van der Waals surface area contributed by atoms with Crippen molar-refractivity contribution in [2.45, 2.75) is 19.1 Å². The molecule has 2 heterocycles. The number of para-hydroxylation sites is 1. The van der Waals surface area contributed by atoms with E-state index >= 15 is 0 Å². The highest BCUT2D eigenvalue weighted by molar-refractivity contribution is 5.93. The number of hydrogen-bond donors (Lipinski definition) is 2. The number of aromatic nitrogens is 1. The number of halogens is 4. The van der Waals surface area contributed by atoms with Crippen LogP contribution < -0.4 is 20.1 Å². The molecular formula is C27H25ClF3N3O2. The van der Waals surface area contributed by atoms with Crippen molar-refractivity contribution in [3.63, 3.8) is 0 Å². The van der Waals surface area contributed by atoms with Gasteiger partial charge >= 0.3 is 6.18 Å². The van der Waals surface area contributed by atoms with Crippen LogP contribution in [0.4, 0.5) is 18.9 Å². The molecule has 0 saturated heterocycles. The average molecular weight is 516 g/mol. The zero-order chi connectivity index (χ0) is 24.3. The Morgan fingerprint density at radius 2 is 1.69 bits per heavy atom. The quantitative estimate of drug-likeness (QED) is 0.257. The molecule has 0 aliphatic carbocycles. The molecule has 2 N–H and O–H groups in total. The molecule has 0 fully saturated rings. The zero-order valence-electron chi connectivity index (χ0n) is 19.3. The van der Waals surface area contributed by atoms with Crippen molar-refractivity contribution in [3.05, 3.63) is 84.1 Å². The number of fused-ring (bicyclic) bond motifs is 2. The molecule has 0 atom stereocenters. The number of anilines is 1. The van der Waals surface area contributed by atoms with E-state index in [2.05, 4.69) is 15.6 Å². The molecule has 0 radical (unpaired) electrons. The van der Waals surface area contributed by atoms with Gasteiger partial charge in [0.2, 0.25) is 6.79 Å². The van der Waals surface area contributed by atoms with Gasteiger partial charge in [0.25, 0.3) is 0 Å². The zero-order valence-corrected chi connectivity index (χ0v) is 20.1. The minimum absolute atomic E-state index is 0. The van der Waals surface area contributed by atoms with Gasteiger partial charge in [-0.3, -0.25) is 4.98 Å². The van der Waals surface area contributed by atoms with E-state index in [1.54, 1.807) is 6.20 Å². The van der Waals surface area contributed by atoms with E-state index in [-0.39, 0.29) is 19.2 Å². The second-order valence-electron chi connectivity index (χ2n) is 8.27. The molecule has 0 saturated carbocycles. The fraction of sp³-hybridized carbons (Fsp3) is 0.222. The van der Waals surface area contributed by atoms with Crippen LogP contribution in [0.5, 0.6) is 11.5 Å². The number of benzene rings is 3. The lowest BCUT2D eigenvalue weighted by molar-refractivity contribution is -0.137. The Bertz CT molecular complexity index is 1330. The van der Waals surface area contributed by atoms with Gasteiger partial charge in [-0.1, -0.05) is 36.4 Å². The molecule has 0 unspecified atom stereocenters. The smallest absolute Gasteiger partial charge is 0.416 e. The highest BCUT2D eigenvalue weighted by Gasteiger charge is 2.30. The highest BCUT2D eigenvalue weighted by Crippen LogP contribution is 2.35. The Labute approximate surface area is 213 Å². The summed E-state index contributed by atoms with van der Waals surface area (Å²) in [4.78, 5) is 4.45. The number of nitrogens with one attached hydrogen (secondary N) is 2. The molecule has 4 aromatic rings. The summed E-state index contributed by atoms with van der Waals surface area (Å²) in [6.07, 6.45) is -1.69. The SMILES string of the molecule is Cl.FC(F)(F)c1ccc(-c2ccc3c(NCCCNCc4cccc5c4OCO5)ccnc3c2)cc1. The van der Waals surface area contributed by atoms with Crippen molar-refractivity contribution in [1.29, 1.82) is 0 Å². The van der Waals surface area contributed by atoms with Crippen molar-refractivity contribution in [2.75, 3.05) is 25.2 Å². The Kier molecular flexibility index (Phi) is 7.86. The topological polar surface area (TPSA) is 55.4 Å². The third kappa shape index (κ3) is 5.66. The molecule has 1 aromatic heterocycles. The van der Waals surface area contributed by atoms with Crippen LogP contribution in [-0.4, -0.2) is 24.9 Å². The first-order valence-electron chi connectivity index (χ1n) is 11.4. The third-order valence-corrected chi connectivity index (χ3v) is 5.93. The number of pyridine rings is 1. The van der Waals surface area contributed by atoms with E-state index in [4.69, 9.17) is 9.47 Å². The first-order valence-corrected chi connectivity index (χ1v) is 11.4. The first-order chi connectivity index (χ1) is 17.0. The number of nitrogens with zero attached hydrogens (tertiary/aromatic N) is 1. The van der Waals surface area contributed by atoms with Crippen LogP contribution in [0.15, 0.2) is 72.9 Å². The second-order valence-corrected chi connectivity index (χ2v) is 8.27. The van der Waals surface area contributed by atoms with E-state index < -0.39 is 11.7 Å². The van der Waals surface area contributed by atoms with Crippen molar-refractivity contribution >= 4 is 29.0 Å². The van der Waals surface area contributed by atoms with Gasteiger partial charge in [0, 0.05) is 35.9 Å². The monoisotopic (exact) mass is 515 g/mol. The lowest BCUT2D eigenvalue weighted by Gasteiger charge is -2.12. The summed E-state index contributed by atoms with van der Waals surface area (Å²) in [5.74, 6) is 1.61. The summed E-state index contributed by atoms with van der Waals surface area (Å²) < 4.78 is 49.5. The summed E-state index contributed by atoms with van der Waals surface area (Å²) in [6.45, 7) is 2.58. The van der Waals surface area contributed by atoms with Crippen LogP contribution >= 0.6 is 12.4 Å². The van der Waals surface area contributed by atoms with Crippen molar-refractivity contribution < 1.29 is 22.6 Å². The van der Waals surface area contributed by atoms with E-state index in [1.165, 1.54) is 12.1 Å². The molecule has 9 heteroatoms. The molecule has 1 aliphatic heterocycles. The molecule has 5 nitrogen and oxygen atoms in total. The fourth-order valence-corrected chi connectivity index (χ4v) is 4.12. The van der Waals surface area contributed by atoms with E-state index in [9.17, 15) is 13.2 Å². The number of hydrogen-bond acceptors (Lipinski definition) is 5. The molecule has 36 heavy (non-hydrogen) atoms. The predicted octanol–water partition coefficient (Wildman–Crippen LogP) is 6.66. The summed E-state index contributed by atoms with van der Waals surface area (Å²) >= 11 is 0. The van der Waals surface area contributed by atoms with Gasteiger partial charge in [0.05, 0.1) is 11.1 Å². The fourth-order valence-electron chi connectivity index (χ4n) is 4.12.